The third kappa shape index (κ3) is 5.31. The molecule has 1 saturated heterocycles. The number of fused-ring (bicyclic) bond motifs is 3. The minimum absolute atomic E-state index is 0.140. The predicted molar refractivity (Wildman–Crippen MR) is 186 cm³/mol. The lowest BCUT2D eigenvalue weighted by Crippen LogP contribution is -2.48. The summed E-state index contributed by atoms with van der Waals surface area (Å²) in [7, 11) is -2.15. The van der Waals surface area contributed by atoms with Gasteiger partial charge in [-0.05, 0) is 73.1 Å². The standard InChI is InChI=1S/C38H40FN3O6Si/c1-24-35(49(3,4)39)33(21-34(44)41-22-26-12-9-8-11-25(26)19-29(41)23-43)48-38(24)30-20-28(40-18-10-15-32(47-2)36(40)45)16-17-31(30)42(37(38)46)27-13-6-5-7-14-27/h5-18,20,24,29,33,35,43H,19,21-23H2,1-4H3/t24-,29-,33+,35-,38+/m0/s1. The van der Waals surface area contributed by atoms with E-state index in [9.17, 15) is 19.5 Å². The highest BCUT2D eigenvalue weighted by Crippen LogP contribution is 2.61. The lowest BCUT2D eigenvalue weighted by atomic mass is 9.82. The number of pyridine rings is 1. The predicted octanol–water partition coefficient (Wildman–Crippen LogP) is 5.64. The molecule has 0 bridgehead atoms. The lowest BCUT2D eigenvalue weighted by Gasteiger charge is -2.37. The van der Waals surface area contributed by atoms with E-state index in [2.05, 4.69) is 0 Å². The maximum Gasteiger partial charge on any atom is 0.297 e. The number of methoxy groups -OCH3 is 1. The first-order valence-corrected chi connectivity index (χ1v) is 19.6. The van der Waals surface area contributed by atoms with Gasteiger partial charge in [-0.3, -0.25) is 23.9 Å². The van der Waals surface area contributed by atoms with E-state index in [1.165, 1.54) is 11.7 Å². The number of anilines is 2. The highest BCUT2D eigenvalue weighted by molar-refractivity contribution is 6.72. The van der Waals surface area contributed by atoms with Gasteiger partial charge in [0.2, 0.25) is 14.3 Å². The Hall–Kier alpha value is -4.58. The Kier molecular flexibility index (Phi) is 8.33. The molecule has 254 valence electrons. The van der Waals surface area contributed by atoms with Crippen LogP contribution in [0.1, 0.15) is 30.0 Å². The van der Waals surface area contributed by atoms with E-state index in [0.717, 1.165) is 11.1 Å². The van der Waals surface area contributed by atoms with Crippen LogP contribution >= 0.6 is 0 Å². The molecule has 4 heterocycles. The molecule has 4 aromatic rings. The summed E-state index contributed by atoms with van der Waals surface area (Å²) in [5.74, 6) is -1.11. The molecule has 1 N–H and O–H groups in total. The molecule has 7 rings (SSSR count). The number of nitrogens with zero attached hydrogens (tertiary/aromatic N) is 3. The number of hydrogen-bond acceptors (Lipinski definition) is 6. The average molecular weight is 682 g/mol. The van der Waals surface area contributed by atoms with Crippen LogP contribution in [0, 0.1) is 5.92 Å². The van der Waals surface area contributed by atoms with E-state index in [4.69, 9.17) is 9.47 Å². The number of hydrogen-bond donors (Lipinski definition) is 1. The summed E-state index contributed by atoms with van der Waals surface area (Å²) >= 11 is 0. The van der Waals surface area contributed by atoms with Gasteiger partial charge < -0.3 is 23.6 Å². The second-order valence-corrected chi connectivity index (χ2v) is 17.5. The van der Waals surface area contributed by atoms with Gasteiger partial charge in [-0.15, -0.1) is 0 Å². The van der Waals surface area contributed by atoms with Crippen LogP contribution in [0.3, 0.4) is 0 Å². The van der Waals surface area contributed by atoms with Gasteiger partial charge in [-0.2, -0.15) is 0 Å². The normalized spacial score (nSPS) is 24.7. The van der Waals surface area contributed by atoms with Crippen molar-refractivity contribution in [1.29, 1.82) is 0 Å². The van der Waals surface area contributed by atoms with Crippen molar-refractivity contribution in [3.8, 4) is 11.4 Å². The summed E-state index contributed by atoms with van der Waals surface area (Å²) in [4.78, 5) is 45.6. The van der Waals surface area contributed by atoms with Crippen molar-refractivity contribution in [1.82, 2.24) is 9.47 Å². The molecule has 0 radical (unpaired) electrons. The van der Waals surface area contributed by atoms with Gasteiger partial charge in [-0.1, -0.05) is 49.4 Å². The van der Waals surface area contributed by atoms with Crippen molar-refractivity contribution in [3.63, 3.8) is 0 Å². The number of carbonyl (C=O) groups excluding carboxylic acids is 2. The maximum absolute atomic E-state index is 16.6. The summed E-state index contributed by atoms with van der Waals surface area (Å²) in [5.41, 5.74) is 1.59. The van der Waals surface area contributed by atoms with Crippen LogP contribution in [0.15, 0.2) is 95.9 Å². The number of aromatic nitrogens is 1. The van der Waals surface area contributed by atoms with Crippen LogP contribution in [0.5, 0.6) is 5.75 Å². The Balaban J connectivity index is 1.33. The van der Waals surface area contributed by atoms with Gasteiger partial charge in [0, 0.05) is 41.1 Å². The Morgan fingerprint density at radius 1 is 1.00 bits per heavy atom. The molecular formula is C38H40FN3O6Si. The molecule has 1 aromatic heterocycles. The fraction of sp³-hybridized carbons (Fsp3) is 0.342. The number of ether oxygens (including phenoxy) is 2. The molecule has 5 atom stereocenters. The second-order valence-electron chi connectivity index (χ2n) is 13.7. The molecule has 3 aromatic carbocycles. The lowest BCUT2D eigenvalue weighted by molar-refractivity contribution is -0.150. The molecule has 9 nitrogen and oxygen atoms in total. The topological polar surface area (TPSA) is 101 Å². The van der Waals surface area contributed by atoms with Crippen molar-refractivity contribution < 1.29 is 28.3 Å². The zero-order chi connectivity index (χ0) is 34.7. The molecule has 0 aliphatic carbocycles. The number of benzene rings is 3. The number of carbonyl (C=O) groups is 2. The van der Waals surface area contributed by atoms with E-state index >= 15 is 4.11 Å². The smallest absolute Gasteiger partial charge is 0.297 e. The first-order valence-electron chi connectivity index (χ1n) is 16.6. The van der Waals surface area contributed by atoms with E-state index in [1.807, 2.05) is 61.5 Å². The summed E-state index contributed by atoms with van der Waals surface area (Å²) in [6, 6.07) is 25.2. The molecule has 2 amide bonds. The largest absolute Gasteiger partial charge is 0.491 e. The van der Waals surface area contributed by atoms with Gasteiger partial charge >= 0.3 is 0 Å². The van der Waals surface area contributed by atoms with Crippen molar-refractivity contribution in [2.24, 2.45) is 5.92 Å². The van der Waals surface area contributed by atoms with Crippen molar-refractivity contribution in [2.45, 2.75) is 62.7 Å². The highest BCUT2D eigenvalue weighted by atomic mass is 28.4. The Morgan fingerprint density at radius 2 is 1.71 bits per heavy atom. The zero-order valence-corrected chi connectivity index (χ0v) is 29.0. The quantitative estimate of drug-likeness (QED) is 0.200. The van der Waals surface area contributed by atoms with Crippen LogP contribution in [-0.2, 0) is 32.9 Å². The average Bonchev–Trinajstić information content (AvgIpc) is 3.53. The monoisotopic (exact) mass is 681 g/mol. The van der Waals surface area contributed by atoms with Gasteiger partial charge in [-0.25, -0.2) is 0 Å². The third-order valence-electron chi connectivity index (χ3n) is 10.5. The number of aliphatic hydroxyl groups excluding tert-OH is 1. The van der Waals surface area contributed by atoms with E-state index in [1.54, 1.807) is 59.4 Å². The summed E-state index contributed by atoms with van der Waals surface area (Å²) in [5, 5.41) is 10.3. The molecule has 1 fully saturated rings. The molecular weight excluding hydrogens is 642 g/mol. The SMILES string of the molecule is COc1cccn(-c2ccc3c(c2)[C@@]2(O[C@H](CC(=O)N4Cc5ccccc5C[C@H]4CO)[C@@H]([Si](C)(C)F)[C@@H]2C)C(=O)N3c2ccccc2)c1=O. The molecule has 49 heavy (non-hydrogen) atoms. The number of halogens is 1. The number of rotatable bonds is 7. The van der Waals surface area contributed by atoms with Crippen LogP contribution in [-0.4, -0.2) is 60.7 Å². The van der Waals surface area contributed by atoms with Crippen LogP contribution < -0.4 is 15.2 Å². The Labute approximate surface area is 285 Å². The maximum atomic E-state index is 16.6. The van der Waals surface area contributed by atoms with Crippen LogP contribution in [0.25, 0.3) is 5.69 Å². The van der Waals surface area contributed by atoms with Crippen molar-refractivity contribution in [2.75, 3.05) is 18.6 Å². The highest BCUT2D eigenvalue weighted by Gasteiger charge is 2.67. The first kappa shape index (κ1) is 32.9. The molecule has 3 aliphatic rings. The fourth-order valence-electron chi connectivity index (χ4n) is 8.31. The number of para-hydroxylation sites is 1. The fourth-order valence-corrected chi connectivity index (χ4v) is 10.8. The molecule has 0 saturated carbocycles. The zero-order valence-electron chi connectivity index (χ0n) is 28.0. The van der Waals surface area contributed by atoms with Crippen molar-refractivity contribution in [3.05, 3.63) is 118 Å². The molecule has 11 heteroatoms. The summed E-state index contributed by atoms with van der Waals surface area (Å²) in [6.45, 7) is 5.17. The van der Waals surface area contributed by atoms with E-state index in [0.29, 0.717) is 35.6 Å². The van der Waals surface area contributed by atoms with Gasteiger partial charge in [0.1, 0.15) is 0 Å². The first-order chi connectivity index (χ1) is 23.5. The Bertz CT molecular complexity index is 1980. The molecule has 3 aliphatic heterocycles. The molecule has 0 unspecified atom stereocenters. The minimum Gasteiger partial charge on any atom is -0.491 e. The van der Waals surface area contributed by atoms with Crippen molar-refractivity contribution >= 4 is 31.6 Å². The number of amides is 2. The second kappa shape index (κ2) is 12.4. The Morgan fingerprint density at radius 3 is 2.41 bits per heavy atom. The van der Waals surface area contributed by atoms with Gasteiger partial charge in [0.15, 0.2) is 11.4 Å². The number of aliphatic hydroxyl groups is 1. The molecule has 1 spiro atoms. The van der Waals surface area contributed by atoms with E-state index in [-0.39, 0.29) is 36.2 Å². The minimum atomic E-state index is -3.58. The van der Waals surface area contributed by atoms with E-state index < -0.39 is 37.6 Å². The van der Waals surface area contributed by atoms with Crippen LogP contribution in [0.4, 0.5) is 15.5 Å². The van der Waals surface area contributed by atoms with Gasteiger partial charge in [0.25, 0.3) is 11.5 Å². The summed E-state index contributed by atoms with van der Waals surface area (Å²) in [6.07, 6.45) is 1.10. The summed E-state index contributed by atoms with van der Waals surface area (Å²) < 4.78 is 30.2. The third-order valence-corrected chi connectivity index (χ3v) is 13.0. The van der Waals surface area contributed by atoms with Gasteiger partial charge in [0.05, 0.1) is 38.0 Å². The van der Waals surface area contributed by atoms with Crippen LogP contribution in [0.2, 0.25) is 18.6 Å².